The number of hydrogen-bond donors (Lipinski definition) is 2. The van der Waals surface area contributed by atoms with Crippen LogP contribution in [0.3, 0.4) is 0 Å². The van der Waals surface area contributed by atoms with Gasteiger partial charge in [-0.3, -0.25) is 14.5 Å². The molecule has 0 spiro atoms. The van der Waals surface area contributed by atoms with Crippen LogP contribution in [0, 0.1) is 0 Å². The second-order valence-corrected chi connectivity index (χ2v) is 5.19. The second-order valence-electron chi connectivity index (χ2n) is 4.28. The number of amides is 2. The van der Waals surface area contributed by atoms with Crippen molar-refractivity contribution in [2.45, 2.75) is 6.92 Å². The van der Waals surface area contributed by atoms with Gasteiger partial charge in [-0.25, -0.2) is 0 Å². The minimum atomic E-state index is -0.459. The summed E-state index contributed by atoms with van der Waals surface area (Å²) >= 11 is 3.35. The number of ether oxygens (including phenoxy) is 1. The number of nitrogens with zero attached hydrogens (tertiary/aromatic N) is 1. The molecule has 0 aromatic heterocycles. The van der Waals surface area contributed by atoms with Crippen molar-refractivity contribution in [1.82, 2.24) is 4.90 Å². The van der Waals surface area contributed by atoms with Crippen LogP contribution in [0.1, 0.15) is 6.92 Å². The van der Waals surface area contributed by atoms with Crippen LogP contribution in [-0.2, 0) is 9.59 Å². The zero-order chi connectivity index (χ0) is 15.4. The molecule has 2 rings (SSSR count). The highest BCUT2D eigenvalue weighted by Gasteiger charge is 2.30. The lowest BCUT2D eigenvalue weighted by Gasteiger charge is -2.15. The topological polar surface area (TPSA) is 78.9 Å². The van der Waals surface area contributed by atoms with Crippen LogP contribution in [0.25, 0.3) is 0 Å². The first-order valence-electron chi connectivity index (χ1n) is 6.44. The molecule has 1 aliphatic heterocycles. The first kappa shape index (κ1) is 15.5. The fraction of sp³-hybridized carbons (Fsp3) is 0.286. The quantitative estimate of drug-likeness (QED) is 0.757. The van der Waals surface area contributed by atoms with Gasteiger partial charge in [-0.1, -0.05) is 15.9 Å². The maximum absolute atomic E-state index is 12.1. The third-order valence-electron chi connectivity index (χ3n) is 2.85. The van der Waals surface area contributed by atoms with Gasteiger partial charge in [0.15, 0.2) is 0 Å². The minimum absolute atomic E-state index is 0.0159. The summed E-state index contributed by atoms with van der Waals surface area (Å²) in [5.74, 6) is -0.320. The number of aliphatic hydroxyl groups excluding tert-OH is 1. The summed E-state index contributed by atoms with van der Waals surface area (Å²) in [6, 6.07) is 5.33. The fourth-order valence-electron chi connectivity index (χ4n) is 1.93. The highest BCUT2D eigenvalue weighted by molar-refractivity contribution is 9.10. The number of anilines is 1. The van der Waals surface area contributed by atoms with Crippen LogP contribution >= 0.6 is 15.9 Å². The van der Waals surface area contributed by atoms with Crippen LogP contribution in [0.15, 0.2) is 34.4 Å². The molecular weight excluding hydrogens is 340 g/mol. The molecule has 0 radical (unpaired) electrons. The van der Waals surface area contributed by atoms with Gasteiger partial charge in [0.2, 0.25) is 0 Å². The number of carbonyl (C=O) groups is 2. The Bertz CT molecular complexity index is 601. The van der Waals surface area contributed by atoms with Crippen molar-refractivity contribution >= 4 is 33.4 Å². The van der Waals surface area contributed by atoms with E-state index >= 15 is 0 Å². The summed E-state index contributed by atoms with van der Waals surface area (Å²) in [6.07, 6.45) is 1.22. The number of benzene rings is 1. The zero-order valence-electron chi connectivity index (χ0n) is 11.4. The molecule has 2 amide bonds. The average molecular weight is 355 g/mol. The smallest absolute Gasteiger partial charge is 0.277 e. The van der Waals surface area contributed by atoms with E-state index in [1.807, 2.05) is 6.92 Å². The number of carbonyl (C=O) groups excluding carboxylic acids is 2. The molecule has 1 aromatic carbocycles. The first-order valence-corrected chi connectivity index (χ1v) is 7.24. The van der Waals surface area contributed by atoms with E-state index in [4.69, 9.17) is 9.84 Å². The van der Waals surface area contributed by atoms with Crippen LogP contribution in [0.4, 0.5) is 5.69 Å². The maximum Gasteiger partial charge on any atom is 0.277 e. The van der Waals surface area contributed by atoms with Gasteiger partial charge in [0.25, 0.3) is 11.8 Å². The average Bonchev–Trinajstić information content (AvgIpc) is 2.70. The summed E-state index contributed by atoms with van der Waals surface area (Å²) in [6.45, 7) is 2.06. The van der Waals surface area contributed by atoms with Crippen molar-refractivity contribution in [1.29, 1.82) is 0 Å². The predicted molar refractivity (Wildman–Crippen MR) is 80.8 cm³/mol. The van der Waals surface area contributed by atoms with Crippen molar-refractivity contribution in [3.8, 4) is 5.75 Å². The van der Waals surface area contributed by atoms with Crippen LogP contribution < -0.4 is 10.1 Å². The highest BCUT2D eigenvalue weighted by Crippen LogP contribution is 2.30. The largest absolute Gasteiger partial charge is 0.492 e. The number of imide groups is 1. The van der Waals surface area contributed by atoms with Gasteiger partial charge in [-0.05, 0) is 25.1 Å². The Kier molecular flexibility index (Phi) is 4.98. The molecule has 0 saturated heterocycles. The highest BCUT2D eigenvalue weighted by atomic mass is 79.9. The van der Waals surface area contributed by atoms with Crippen molar-refractivity contribution < 1.29 is 19.4 Å². The van der Waals surface area contributed by atoms with Gasteiger partial charge in [0.1, 0.15) is 11.4 Å². The van der Waals surface area contributed by atoms with Gasteiger partial charge < -0.3 is 15.2 Å². The van der Waals surface area contributed by atoms with E-state index in [1.165, 1.54) is 6.08 Å². The van der Waals surface area contributed by atoms with E-state index in [9.17, 15) is 9.59 Å². The van der Waals surface area contributed by atoms with Gasteiger partial charge in [-0.2, -0.15) is 0 Å². The minimum Gasteiger partial charge on any atom is -0.492 e. The predicted octanol–water partition coefficient (Wildman–Crippen LogP) is 1.50. The Balaban J connectivity index is 2.21. The second kappa shape index (κ2) is 6.73. The molecule has 0 unspecified atom stereocenters. The summed E-state index contributed by atoms with van der Waals surface area (Å²) in [4.78, 5) is 24.7. The number of β-amino-alcohol motifs (C(OH)–C–C–N with tert-alkyl or cyclic N) is 1. The number of aliphatic hydroxyl groups is 1. The first-order chi connectivity index (χ1) is 10.1. The van der Waals surface area contributed by atoms with Crippen molar-refractivity contribution in [3.05, 3.63) is 34.4 Å². The monoisotopic (exact) mass is 354 g/mol. The van der Waals surface area contributed by atoms with E-state index in [1.54, 1.807) is 18.2 Å². The molecule has 1 heterocycles. The molecule has 7 heteroatoms. The van der Waals surface area contributed by atoms with E-state index < -0.39 is 11.8 Å². The third-order valence-corrected chi connectivity index (χ3v) is 3.34. The molecule has 0 aliphatic carbocycles. The third kappa shape index (κ3) is 3.43. The Hall–Kier alpha value is -1.86. The molecule has 1 aliphatic rings. The molecular formula is C14H15BrN2O4. The van der Waals surface area contributed by atoms with Crippen LogP contribution in [-0.4, -0.2) is 41.6 Å². The normalized spacial score (nSPS) is 14.4. The Labute approximate surface area is 130 Å². The SMILES string of the molecule is CCOc1cc(Br)ccc1NC1=CC(=O)N(CCO)C1=O. The number of hydrogen-bond acceptors (Lipinski definition) is 5. The number of nitrogens with one attached hydrogen (secondary N) is 1. The standard InChI is InChI=1S/C14H15BrN2O4/c1-2-21-12-7-9(15)3-4-10(12)16-11-8-13(19)17(5-6-18)14(11)20/h3-4,7-8,16,18H,2,5-6H2,1H3. The van der Waals surface area contributed by atoms with Crippen molar-refractivity contribution in [2.75, 3.05) is 25.1 Å². The fourth-order valence-corrected chi connectivity index (χ4v) is 2.27. The molecule has 0 saturated carbocycles. The lowest BCUT2D eigenvalue weighted by atomic mass is 10.2. The van der Waals surface area contributed by atoms with Gasteiger partial charge >= 0.3 is 0 Å². The van der Waals surface area contributed by atoms with Crippen LogP contribution in [0.5, 0.6) is 5.75 Å². The summed E-state index contributed by atoms with van der Waals surface area (Å²) in [7, 11) is 0. The van der Waals surface area contributed by atoms with Gasteiger partial charge in [0, 0.05) is 10.5 Å². The zero-order valence-corrected chi connectivity index (χ0v) is 13.0. The van der Waals surface area contributed by atoms with Gasteiger partial charge in [-0.15, -0.1) is 0 Å². The molecule has 0 bridgehead atoms. The lowest BCUT2D eigenvalue weighted by molar-refractivity contribution is -0.137. The Morgan fingerprint density at radius 3 is 2.81 bits per heavy atom. The Morgan fingerprint density at radius 1 is 1.38 bits per heavy atom. The maximum atomic E-state index is 12.1. The molecule has 112 valence electrons. The van der Waals surface area contributed by atoms with Gasteiger partial charge in [0.05, 0.1) is 25.4 Å². The molecule has 1 aromatic rings. The number of halogens is 1. The molecule has 21 heavy (non-hydrogen) atoms. The summed E-state index contributed by atoms with van der Waals surface area (Å²) in [5.41, 5.74) is 0.759. The van der Waals surface area contributed by atoms with E-state index in [0.29, 0.717) is 18.0 Å². The summed E-state index contributed by atoms with van der Waals surface area (Å²) < 4.78 is 6.34. The molecule has 0 atom stereocenters. The molecule has 2 N–H and O–H groups in total. The molecule has 0 fully saturated rings. The van der Waals surface area contributed by atoms with E-state index in [0.717, 1.165) is 9.37 Å². The van der Waals surface area contributed by atoms with Crippen LogP contribution in [0.2, 0.25) is 0 Å². The number of rotatable bonds is 6. The van der Waals surface area contributed by atoms with E-state index in [-0.39, 0.29) is 18.8 Å². The molecule has 6 nitrogen and oxygen atoms in total. The summed E-state index contributed by atoms with van der Waals surface area (Å²) in [5, 5.41) is 11.8. The van der Waals surface area contributed by atoms with Crippen molar-refractivity contribution in [3.63, 3.8) is 0 Å². The van der Waals surface area contributed by atoms with E-state index in [2.05, 4.69) is 21.2 Å². The van der Waals surface area contributed by atoms with Crippen molar-refractivity contribution in [2.24, 2.45) is 0 Å². The lowest BCUT2D eigenvalue weighted by Crippen LogP contribution is -2.34. The Morgan fingerprint density at radius 2 is 2.14 bits per heavy atom.